The van der Waals surface area contributed by atoms with Crippen molar-refractivity contribution in [1.82, 2.24) is 19.6 Å². The molecule has 0 radical (unpaired) electrons. The minimum Gasteiger partial charge on any atom is -0.299 e. The zero-order valence-corrected chi connectivity index (χ0v) is 12.2. The molecular weight excluding hydrogens is 264 g/mol. The van der Waals surface area contributed by atoms with Crippen LogP contribution in [0.1, 0.15) is 11.3 Å². The molecule has 6 heteroatoms. The highest BCUT2D eigenvalue weighted by Crippen LogP contribution is 2.22. The SMILES string of the molecule is Cc1nn(C)c(Cl)c1CC(=O)C1CN2CCN1CC2. The third-order valence-electron chi connectivity index (χ3n) is 4.27. The number of Topliss-reactive ketones (excluding diaryl/α,β-unsaturated/α-hetero) is 1. The number of carbonyl (C=O) groups is 1. The zero-order valence-electron chi connectivity index (χ0n) is 11.4. The van der Waals surface area contributed by atoms with E-state index in [9.17, 15) is 4.79 Å². The molecule has 0 amide bonds. The van der Waals surface area contributed by atoms with Gasteiger partial charge in [0.1, 0.15) is 5.15 Å². The summed E-state index contributed by atoms with van der Waals surface area (Å²) in [6.45, 7) is 6.99. The molecule has 104 valence electrons. The van der Waals surface area contributed by atoms with Gasteiger partial charge in [0.25, 0.3) is 0 Å². The summed E-state index contributed by atoms with van der Waals surface area (Å²) in [7, 11) is 1.81. The van der Waals surface area contributed by atoms with Crippen molar-refractivity contribution < 1.29 is 4.79 Å². The number of aromatic nitrogens is 2. The van der Waals surface area contributed by atoms with E-state index in [1.54, 1.807) is 11.7 Å². The number of piperazine rings is 3. The lowest BCUT2D eigenvalue weighted by molar-refractivity contribution is -0.128. The quantitative estimate of drug-likeness (QED) is 0.809. The monoisotopic (exact) mass is 282 g/mol. The van der Waals surface area contributed by atoms with E-state index in [2.05, 4.69) is 14.9 Å². The summed E-state index contributed by atoms with van der Waals surface area (Å²) < 4.78 is 1.64. The van der Waals surface area contributed by atoms with Crippen LogP contribution in [0.15, 0.2) is 0 Å². The van der Waals surface area contributed by atoms with E-state index in [1.807, 2.05) is 6.92 Å². The topological polar surface area (TPSA) is 41.4 Å². The Labute approximate surface area is 118 Å². The number of nitrogens with zero attached hydrogens (tertiary/aromatic N) is 4. The molecule has 3 aliphatic heterocycles. The third-order valence-corrected chi connectivity index (χ3v) is 4.74. The smallest absolute Gasteiger partial charge is 0.155 e. The molecule has 4 rings (SSSR count). The molecule has 19 heavy (non-hydrogen) atoms. The number of carbonyl (C=O) groups excluding carboxylic acids is 1. The van der Waals surface area contributed by atoms with Gasteiger partial charge in [-0.2, -0.15) is 5.10 Å². The third kappa shape index (κ3) is 2.30. The average Bonchev–Trinajstić information content (AvgIpc) is 2.66. The Bertz CT molecular complexity index is 505. The highest BCUT2D eigenvalue weighted by molar-refractivity contribution is 6.30. The van der Waals surface area contributed by atoms with Gasteiger partial charge in [0.05, 0.1) is 11.7 Å². The maximum Gasteiger partial charge on any atom is 0.155 e. The number of fused-ring (bicyclic) bond motifs is 3. The van der Waals surface area contributed by atoms with Crippen LogP contribution in [0.4, 0.5) is 0 Å². The van der Waals surface area contributed by atoms with Crippen LogP contribution in [0.5, 0.6) is 0 Å². The minimum atomic E-state index is 0.0400. The number of rotatable bonds is 3. The first kappa shape index (κ1) is 13.1. The van der Waals surface area contributed by atoms with Crippen molar-refractivity contribution in [3.8, 4) is 0 Å². The fourth-order valence-corrected chi connectivity index (χ4v) is 3.33. The van der Waals surface area contributed by atoms with Gasteiger partial charge in [-0.15, -0.1) is 0 Å². The molecule has 0 N–H and O–H groups in total. The first-order valence-electron chi connectivity index (χ1n) is 6.73. The van der Waals surface area contributed by atoms with Crippen LogP contribution < -0.4 is 0 Å². The normalized spacial score (nSPS) is 29.7. The van der Waals surface area contributed by atoms with Gasteiger partial charge in [-0.3, -0.25) is 19.3 Å². The lowest BCUT2D eigenvalue weighted by Crippen LogP contribution is -2.63. The van der Waals surface area contributed by atoms with Crippen molar-refractivity contribution in [2.24, 2.45) is 7.05 Å². The van der Waals surface area contributed by atoms with Crippen LogP contribution in [0.3, 0.4) is 0 Å². The molecule has 3 saturated heterocycles. The molecule has 5 nitrogen and oxygen atoms in total. The Morgan fingerprint density at radius 1 is 1.37 bits per heavy atom. The summed E-state index contributed by atoms with van der Waals surface area (Å²) in [6.07, 6.45) is 0.396. The van der Waals surface area contributed by atoms with E-state index < -0.39 is 0 Å². The largest absolute Gasteiger partial charge is 0.299 e. The molecule has 3 aliphatic rings. The summed E-state index contributed by atoms with van der Waals surface area (Å²) in [4.78, 5) is 17.2. The first-order valence-corrected chi connectivity index (χ1v) is 7.11. The Hall–Kier alpha value is -0.910. The second-order valence-electron chi connectivity index (χ2n) is 5.47. The number of hydrogen-bond acceptors (Lipinski definition) is 4. The second kappa shape index (κ2) is 4.89. The van der Waals surface area contributed by atoms with Crippen molar-refractivity contribution in [3.63, 3.8) is 0 Å². The van der Waals surface area contributed by atoms with Gasteiger partial charge >= 0.3 is 0 Å². The van der Waals surface area contributed by atoms with Crippen LogP contribution in [-0.2, 0) is 18.3 Å². The van der Waals surface area contributed by atoms with Crippen molar-refractivity contribution in [1.29, 1.82) is 0 Å². The average molecular weight is 283 g/mol. The summed E-state index contributed by atoms with van der Waals surface area (Å²) in [5, 5.41) is 4.85. The second-order valence-corrected chi connectivity index (χ2v) is 5.83. The Kier molecular flexibility index (Phi) is 3.37. The molecule has 0 aromatic carbocycles. The summed E-state index contributed by atoms with van der Waals surface area (Å²) in [5.74, 6) is 0.266. The minimum absolute atomic E-state index is 0.0400. The van der Waals surface area contributed by atoms with Crippen LogP contribution in [0, 0.1) is 6.92 Å². The number of ketones is 1. The number of halogens is 1. The lowest BCUT2D eigenvalue weighted by atomic mass is 9.99. The van der Waals surface area contributed by atoms with E-state index in [1.165, 1.54) is 0 Å². The molecular formula is C13H19ClN4O. The van der Waals surface area contributed by atoms with Crippen LogP contribution in [0.2, 0.25) is 5.15 Å². The van der Waals surface area contributed by atoms with Crippen LogP contribution >= 0.6 is 11.6 Å². The molecule has 3 fully saturated rings. The maximum atomic E-state index is 12.5. The summed E-state index contributed by atoms with van der Waals surface area (Å²) in [6, 6.07) is 0.0400. The number of aryl methyl sites for hydroxylation is 2. The summed E-state index contributed by atoms with van der Waals surface area (Å²) in [5.41, 5.74) is 1.74. The van der Waals surface area contributed by atoms with E-state index in [4.69, 9.17) is 11.6 Å². The van der Waals surface area contributed by atoms with Crippen molar-refractivity contribution in [2.45, 2.75) is 19.4 Å². The predicted molar refractivity (Wildman–Crippen MR) is 73.5 cm³/mol. The first-order chi connectivity index (χ1) is 9.06. The predicted octanol–water partition coefficient (Wildman–Crippen LogP) is 0.493. The molecule has 1 aromatic heterocycles. The molecule has 1 atom stereocenters. The van der Waals surface area contributed by atoms with E-state index in [0.717, 1.165) is 44.0 Å². The van der Waals surface area contributed by atoms with E-state index in [0.29, 0.717) is 11.6 Å². The van der Waals surface area contributed by atoms with Gasteiger partial charge in [-0.1, -0.05) is 11.6 Å². The molecule has 0 aliphatic carbocycles. The van der Waals surface area contributed by atoms with Crippen LogP contribution in [0.25, 0.3) is 0 Å². The number of hydrogen-bond donors (Lipinski definition) is 0. The highest BCUT2D eigenvalue weighted by atomic mass is 35.5. The van der Waals surface area contributed by atoms with Gasteiger partial charge in [0, 0.05) is 51.8 Å². The maximum absolute atomic E-state index is 12.5. The molecule has 0 saturated carbocycles. The molecule has 1 aromatic rings. The van der Waals surface area contributed by atoms with E-state index >= 15 is 0 Å². The van der Waals surface area contributed by atoms with Gasteiger partial charge in [-0.05, 0) is 6.92 Å². The summed E-state index contributed by atoms with van der Waals surface area (Å²) >= 11 is 6.20. The van der Waals surface area contributed by atoms with Crippen molar-refractivity contribution in [2.75, 3.05) is 32.7 Å². The molecule has 4 heterocycles. The fraction of sp³-hybridized carbons (Fsp3) is 0.692. The van der Waals surface area contributed by atoms with Gasteiger partial charge in [0.2, 0.25) is 0 Å². The Morgan fingerprint density at radius 3 is 2.53 bits per heavy atom. The van der Waals surface area contributed by atoms with Crippen LogP contribution in [-0.4, -0.2) is 64.1 Å². The van der Waals surface area contributed by atoms with Gasteiger partial charge < -0.3 is 0 Å². The molecule has 2 bridgehead atoms. The standard InChI is InChI=1S/C13H19ClN4O/c1-9-10(13(14)16(2)15-9)7-12(19)11-8-17-3-5-18(11)6-4-17/h11H,3-8H2,1-2H3. The fourth-order valence-electron chi connectivity index (χ4n) is 3.09. The van der Waals surface area contributed by atoms with Gasteiger partial charge in [0.15, 0.2) is 5.78 Å². The lowest BCUT2D eigenvalue weighted by Gasteiger charge is -2.46. The van der Waals surface area contributed by atoms with Gasteiger partial charge in [-0.25, -0.2) is 0 Å². The Morgan fingerprint density at radius 2 is 2.05 bits per heavy atom. The molecule has 1 unspecified atom stereocenters. The van der Waals surface area contributed by atoms with E-state index in [-0.39, 0.29) is 11.8 Å². The zero-order chi connectivity index (χ0) is 13.6. The van der Waals surface area contributed by atoms with Crippen molar-refractivity contribution in [3.05, 3.63) is 16.4 Å². The van der Waals surface area contributed by atoms with Crippen molar-refractivity contribution >= 4 is 17.4 Å². The highest BCUT2D eigenvalue weighted by Gasteiger charge is 2.36. The Balaban J connectivity index is 1.75. The molecule has 0 spiro atoms.